The molecule has 0 saturated heterocycles. The lowest BCUT2D eigenvalue weighted by atomic mass is 10.1. The van der Waals surface area contributed by atoms with E-state index in [2.05, 4.69) is 20.8 Å². The van der Waals surface area contributed by atoms with Gasteiger partial charge in [-0.1, -0.05) is 42.1 Å². The van der Waals surface area contributed by atoms with Crippen molar-refractivity contribution in [1.29, 1.82) is 0 Å². The maximum Gasteiger partial charge on any atom is 0.242 e. The van der Waals surface area contributed by atoms with E-state index in [1.807, 2.05) is 30.3 Å². The number of rotatable bonds is 6. The molecule has 3 aromatic rings. The average Bonchev–Trinajstić information content (AvgIpc) is 3.04. The largest absolute Gasteiger partial charge is 0.325 e. The highest BCUT2D eigenvalue weighted by molar-refractivity contribution is 8.00. The van der Waals surface area contributed by atoms with Crippen LogP contribution < -0.4 is 10.5 Å². The number of anilines is 1. The predicted octanol–water partition coefficient (Wildman–Crippen LogP) is 1.33. The SMILES string of the molecule is Cn1nnnc1SC(C(=O)Nc1ccc(S(N)(=O)=O)cc1)c1ccccc1. The Kier molecular flexibility index (Phi) is 5.54. The number of primary sulfonamides is 1. The first-order valence-electron chi connectivity index (χ1n) is 7.72. The van der Waals surface area contributed by atoms with Crippen molar-refractivity contribution in [3.05, 3.63) is 60.2 Å². The molecule has 1 atom stereocenters. The Labute approximate surface area is 160 Å². The van der Waals surface area contributed by atoms with Crippen LogP contribution in [0.3, 0.4) is 0 Å². The lowest BCUT2D eigenvalue weighted by Gasteiger charge is -2.16. The Bertz CT molecular complexity index is 1040. The van der Waals surface area contributed by atoms with Crippen molar-refractivity contribution < 1.29 is 13.2 Å². The minimum Gasteiger partial charge on any atom is -0.325 e. The molecule has 0 saturated carbocycles. The molecule has 0 spiro atoms. The average molecular weight is 404 g/mol. The van der Waals surface area contributed by atoms with Crippen molar-refractivity contribution in [1.82, 2.24) is 20.2 Å². The van der Waals surface area contributed by atoms with Crippen LogP contribution in [0.2, 0.25) is 0 Å². The molecule has 0 bridgehead atoms. The third-order valence-corrected chi connectivity index (χ3v) is 5.80. The Morgan fingerprint density at radius 2 is 1.81 bits per heavy atom. The van der Waals surface area contributed by atoms with Gasteiger partial charge in [-0.2, -0.15) is 0 Å². The number of aryl methyl sites for hydroxylation is 1. The number of amides is 1. The maximum absolute atomic E-state index is 12.9. The Morgan fingerprint density at radius 1 is 1.15 bits per heavy atom. The fraction of sp³-hybridized carbons (Fsp3) is 0.125. The zero-order chi connectivity index (χ0) is 19.4. The van der Waals surface area contributed by atoms with Crippen LogP contribution in [-0.2, 0) is 21.9 Å². The van der Waals surface area contributed by atoms with Gasteiger partial charge < -0.3 is 5.32 Å². The summed E-state index contributed by atoms with van der Waals surface area (Å²) in [5.41, 5.74) is 1.23. The predicted molar refractivity (Wildman–Crippen MR) is 100 cm³/mol. The number of tetrazole rings is 1. The lowest BCUT2D eigenvalue weighted by Crippen LogP contribution is -2.19. The molecule has 2 aromatic carbocycles. The molecule has 3 N–H and O–H groups in total. The van der Waals surface area contributed by atoms with Crippen LogP contribution in [0.5, 0.6) is 0 Å². The molecular weight excluding hydrogens is 388 g/mol. The van der Waals surface area contributed by atoms with Gasteiger partial charge in [-0.25, -0.2) is 18.2 Å². The number of nitrogens with two attached hydrogens (primary N) is 1. The van der Waals surface area contributed by atoms with Gasteiger partial charge in [0.15, 0.2) is 0 Å². The fourth-order valence-electron chi connectivity index (χ4n) is 2.26. The van der Waals surface area contributed by atoms with Crippen LogP contribution in [0.15, 0.2) is 64.6 Å². The number of carbonyl (C=O) groups is 1. The molecule has 0 aliphatic rings. The van der Waals surface area contributed by atoms with Crippen LogP contribution in [0.4, 0.5) is 5.69 Å². The minimum absolute atomic E-state index is 0.0281. The number of nitrogens with one attached hydrogen (secondary N) is 1. The van der Waals surface area contributed by atoms with Crippen molar-refractivity contribution >= 4 is 33.4 Å². The topological polar surface area (TPSA) is 133 Å². The maximum atomic E-state index is 12.9. The summed E-state index contributed by atoms with van der Waals surface area (Å²) in [6, 6.07) is 14.8. The summed E-state index contributed by atoms with van der Waals surface area (Å²) in [4.78, 5) is 12.9. The van der Waals surface area contributed by atoms with E-state index in [-0.39, 0.29) is 10.8 Å². The van der Waals surface area contributed by atoms with Crippen LogP contribution in [0, 0.1) is 0 Å². The summed E-state index contributed by atoms with van der Waals surface area (Å²) in [5.74, 6) is -0.294. The van der Waals surface area contributed by atoms with Crippen LogP contribution in [0.25, 0.3) is 0 Å². The van der Waals surface area contributed by atoms with Crippen molar-refractivity contribution in [3.63, 3.8) is 0 Å². The van der Waals surface area contributed by atoms with Crippen molar-refractivity contribution in [2.75, 3.05) is 5.32 Å². The van der Waals surface area contributed by atoms with Crippen molar-refractivity contribution in [2.45, 2.75) is 15.3 Å². The molecule has 27 heavy (non-hydrogen) atoms. The van der Waals surface area contributed by atoms with E-state index in [9.17, 15) is 13.2 Å². The second-order valence-electron chi connectivity index (χ2n) is 5.55. The molecule has 0 aliphatic carbocycles. The molecule has 140 valence electrons. The van der Waals surface area contributed by atoms with Gasteiger partial charge in [0, 0.05) is 12.7 Å². The summed E-state index contributed by atoms with van der Waals surface area (Å²) in [6.07, 6.45) is 0. The quantitative estimate of drug-likeness (QED) is 0.592. The van der Waals surface area contributed by atoms with Crippen LogP contribution >= 0.6 is 11.8 Å². The monoisotopic (exact) mass is 404 g/mol. The summed E-state index contributed by atoms with van der Waals surface area (Å²) < 4.78 is 24.2. The summed E-state index contributed by atoms with van der Waals surface area (Å²) in [7, 11) is -2.10. The number of carbonyl (C=O) groups excluding carboxylic acids is 1. The summed E-state index contributed by atoms with van der Waals surface area (Å²) in [6.45, 7) is 0. The van der Waals surface area contributed by atoms with Gasteiger partial charge in [0.1, 0.15) is 5.25 Å². The number of sulfonamides is 1. The highest BCUT2D eigenvalue weighted by Gasteiger charge is 2.24. The van der Waals surface area contributed by atoms with E-state index in [1.165, 1.54) is 40.7 Å². The highest BCUT2D eigenvalue weighted by atomic mass is 32.2. The van der Waals surface area contributed by atoms with Crippen LogP contribution in [0.1, 0.15) is 10.8 Å². The van der Waals surface area contributed by atoms with Gasteiger partial charge in [-0.15, -0.1) is 5.10 Å². The first kappa shape index (κ1) is 19.0. The standard InChI is InChI=1S/C16H16N6O3S2/c1-22-16(19-20-21-22)26-14(11-5-3-2-4-6-11)15(23)18-12-7-9-13(10-8-12)27(17,24)25/h2-10,14H,1H3,(H,18,23)(H2,17,24,25). The van der Waals surface area contributed by atoms with Gasteiger partial charge in [0.05, 0.1) is 4.90 Å². The van der Waals surface area contributed by atoms with E-state index in [0.29, 0.717) is 10.8 Å². The van der Waals surface area contributed by atoms with Crippen molar-refractivity contribution in [3.8, 4) is 0 Å². The molecule has 11 heteroatoms. The molecular formula is C16H16N6O3S2. The number of hydrogen-bond donors (Lipinski definition) is 2. The van der Waals surface area contributed by atoms with Gasteiger partial charge in [0.2, 0.25) is 21.1 Å². The highest BCUT2D eigenvalue weighted by Crippen LogP contribution is 2.34. The molecule has 9 nitrogen and oxygen atoms in total. The number of benzene rings is 2. The van der Waals surface area contributed by atoms with Gasteiger partial charge in [0.25, 0.3) is 0 Å². The van der Waals surface area contributed by atoms with E-state index < -0.39 is 15.3 Å². The van der Waals surface area contributed by atoms with E-state index in [4.69, 9.17) is 5.14 Å². The molecule has 1 heterocycles. The molecule has 1 aromatic heterocycles. The normalized spacial score (nSPS) is 12.5. The number of aromatic nitrogens is 4. The van der Waals surface area contributed by atoms with Crippen molar-refractivity contribution in [2.24, 2.45) is 12.2 Å². The molecule has 0 radical (unpaired) electrons. The summed E-state index contributed by atoms with van der Waals surface area (Å²) >= 11 is 1.21. The number of hydrogen-bond acceptors (Lipinski definition) is 7. The zero-order valence-electron chi connectivity index (χ0n) is 14.2. The molecule has 3 rings (SSSR count). The first-order chi connectivity index (χ1) is 12.8. The van der Waals surface area contributed by atoms with Crippen LogP contribution in [-0.4, -0.2) is 34.5 Å². The third-order valence-electron chi connectivity index (χ3n) is 3.60. The summed E-state index contributed by atoms with van der Waals surface area (Å²) in [5, 5.41) is 19.0. The second kappa shape index (κ2) is 7.86. The number of nitrogens with zero attached hydrogens (tertiary/aromatic N) is 4. The van der Waals surface area contributed by atoms with Gasteiger partial charge in [-0.3, -0.25) is 4.79 Å². The third kappa shape index (κ3) is 4.70. The van der Waals surface area contributed by atoms with Gasteiger partial charge in [-0.05, 0) is 40.3 Å². The van der Waals surface area contributed by atoms with E-state index in [0.717, 1.165) is 5.56 Å². The van der Waals surface area contributed by atoms with E-state index >= 15 is 0 Å². The lowest BCUT2D eigenvalue weighted by molar-refractivity contribution is -0.115. The molecule has 1 unspecified atom stereocenters. The molecule has 0 fully saturated rings. The Balaban J connectivity index is 1.84. The first-order valence-corrected chi connectivity index (χ1v) is 10.1. The Morgan fingerprint density at radius 3 is 2.37 bits per heavy atom. The zero-order valence-corrected chi connectivity index (χ0v) is 15.8. The van der Waals surface area contributed by atoms with Gasteiger partial charge >= 0.3 is 0 Å². The fourth-order valence-corrected chi connectivity index (χ4v) is 3.72. The number of thioether (sulfide) groups is 1. The molecule has 1 amide bonds. The smallest absolute Gasteiger partial charge is 0.242 e. The minimum atomic E-state index is -3.79. The van der Waals surface area contributed by atoms with E-state index in [1.54, 1.807) is 7.05 Å². The Hall–Kier alpha value is -2.76. The molecule has 0 aliphatic heterocycles. The second-order valence-corrected chi connectivity index (χ2v) is 8.19.